The van der Waals surface area contributed by atoms with Crippen LogP contribution in [0.5, 0.6) is 0 Å². The highest BCUT2D eigenvalue weighted by Gasteiger charge is 2.35. The van der Waals surface area contributed by atoms with Crippen molar-refractivity contribution < 1.29 is 23.4 Å². The van der Waals surface area contributed by atoms with Crippen LogP contribution in [0.3, 0.4) is 0 Å². The second kappa shape index (κ2) is 9.86. The maximum absolute atomic E-state index is 15.0. The fourth-order valence-corrected chi connectivity index (χ4v) is 3.67. The average Bonchev–Trinajstić information content (AvgIpc) is 2.82. The first-order valence-corrected chi connectivity index (χ1v) is 10.5. The molecular formula is C23H23F2N5O3. The van der Waals surface area contributed by atoms with E-state index in [9.17, 15) is 13.6 Å². The summed E-state index contributed by atoms with van der Waals surface area (Å²) < 4.78 is 33.4. The van der Waals surface area contributed by atoms with E-state index in [0.717, 1.165) is 0 Å². The molecule has 0 spiro atoms. The van der Waals surface area contributed by atoms with Crippen molar-refractivity contribution in [3.63, 3.8) is 0 Å². The molecule has 0 radical (unpaired) electrons. The smallest absolute Gasteiger partial charge is 0.329 e. The number of piperidine rings is 1. The molecule has 33 heavy (non-hydrogen) atoms. The van der Waals surface area contributed by atoms with Crippen molar-refractivity contribution >= 4 is 29.1 Å². The Kier molecular flexibility index (Phi) is 6.74. The number of hydrogen-bond acceptors (Lipinski definition) is 7. The Bertz CT molecular complexity index is 1080. The highest BCUT2D eigenvalue weighted by atomic mass is 19.1. The molecule has 3 aromatic rings. The van der Waals surface area contributed by atoms with Crippen LogP contribution < -0.4 is 9.80 Å². The number of rotatable bonds is 8. The van der Waals surface area contributed by atoms with Crippen molar-refractivity contribution in [3.8, 4) is 0 Å². The van der Waals surface area contributed by atoms with Gasteiger partial charge in [-0.2, -0.15) is 0 Å². The zero-order valence-electron chi connectivity index (χ0n) is 17.8. The number of hydrogen-bond donors (Lipinski definition) is 1. The molecule has 0 unspecified atom stereocenters. The first-order chi connectivity index (χ1) is 15.9. The molecule has 1 N–H and O–H groups in total. The number of aromatic nitrogens is 3. The lowest BCUT2D eigenvalue weighted by atomic mass is 9.94. The summed E-state index contributed by atoms with van der Waals surface area (Å²) in [6.45, 7) is -0.0110. The van der Waals surface area contributed by atoms with Crippen molar-refractivity contribution in [1.82, 2.24) is 15.0 Å². The minimum absolute atomic E-state index is 0.181. The Morgan fingerprint density at radius 1 is 1.12 bits per heavy atom. The van der Waals surface area contributed by atoms with Gasteiger partial charge in [0, 0.05) is 37.8 Å². The number of halogens is 2. The topological polar surface area (TPSA) is 91.7 Å². The highest BCUT2D eigenvalue weighted by molar-refractivity contribution is 5.72. The van der Waals surface area contributed by atoms with Crippen LogP contribution in [0.1, 0.15) is 12.8 Å². The van der Waals surface area contributed by atoms with Gasteiger partial charge in [0.05, 0.1) is 19.0 Å². The summed E-state index contributed by atoms with van der Waals surface area (Å²) in [7, 11) is 0. The van der Waals surface area contributed by atoms with Crippen molar-refractivity contribution in [2.24, 2.45) is 0 Å². The van der Waals surface area contributed by atoms with Gasteiger partial charge in [-0.05, 0) is 36.4 Å². The molecule has 0 saturated carbocycles. The molecule has 0 aliphatic carbocycles. The van der Waals surface area contributed by atoms with Crippen LogP contribution >= 0.6 is 0 Å². The van der Waals surface area contributed by atoms with Gasteiger partial charge < -0.3 is 14.7 Å². The van der Waals surface area contributed by atoms with Gasteiger partial charge in [-0.3, -0.25) is 9.88 Å². The van der Waals surface area contributed by atoms with Crippen LogP contribution in [0.15, 0.2) is 61.1 Å². The number of carboxylic acids is 1. The van der Waals surface area contributed by atoms with Crippen molar-refractivity contribution in [3.05, 3.63) is 66.9 Å². The Balaban J connectivity index is 1.54. The lowest BCUT2D eigenvalue weighted by Gasteiger charge is -2.36. The molecule has 10 heteroatoms. The Morgan fingerprint density at radius 2 is 1.88 bits per heavy atom. The minimum Gasteiger partial charge on any atom is -0.480 e. The van der Waals surface area contributed by atoms with Gasteiger partial charge in [0.15, 0.2) is 5.82 Å². The van der Waals surface area contributed by atoms with Gasteiger partial charge in [0.1, 0.15) is 29.7 Å². The van der Waals surface area contributed by atoms with Crippen LogP contribution in [0, 0.1) is 5.82 Å². The van der Waals surface area contributed by atoms with E-state index < -0.39 is 18.2 Å². The predicted octanol–water partition coefficient (Wildman–Crippen LogP) is 3.89. The van der Waals surface area contributed by atoms with E-state index in [-0.39, 0.29) is 25.3 Å². The van der Waals surface area contributed by atoms with E-state index in [1.54, 1.807) is 41.7 Å². The van der Waals surface area contributed by atoms with Crippen molar-refractivity contribution in [2.75, 3.05) is 36.1 Å². The number of ether oxygens (including phenoxy) is 1. The monoisotopic (exact) mass is 455 g/mol. The van der Waals surface area contributed by atoms with Crippen LogP contribution in [0.2, 0.25) is 0 Å². The summed E-state index contributed by atoms with van der Waals surface area (Å²) in [6.07, 6.45) is 5.21. The molecule has 1 aromatic carbocycles. The molecule has 0 amide bonds. The summed E-state index contributed by atoms with van der Waals surface area (Å²) in [5.41, 5.74) is -0.913. The molecule has 3 heterocycles. The Hall–Kier alpha value is -3.66. The van der Waals surface area contributed by atoms with E-state index in [1.165, 1.54) is 12.1 Å². The van der Waals surface area contributed by atoms with Gasteiger partial charge in [-0.15, -0.1) is 0 Å². The van der Waals surface area contributed by atoms with Crippen molar-refractivity contribution in [2.45, 2.75) is 18.5 Å². The fourth-order valence-electron chi connectivity index (χ4n) is 3.67. The standard InChI is InChI=1S/C23H23F2N5O3/c24-17-4-6-18(7-5-17)30(19-3-1-2-10-27-19)21-14-26-13-20(28-21)29-11-8-23(25,9-12-29)16-33-15-22(31)32/h1-7,10,13-14H,8-9,11-12,15-16H2,(H,31,32). The molecule has 2 aromatic heterocycles. The number of nitrogens with zero attached hydrogens (tertiary/aromatic N) is 5. The van der Waals surface area contributed by atoms with Crippen LogP contribution in [0.25, 0.3) is 0 Å². The van der Waals surface area contributed by atoms with E-state index in [0.29, 0.717) is 36.2 Å². The number of carboxylic acid groups (broad SMARTS) is 1. The third-order valence-electron chi connectivity index (χ3n) is 5.37. The molecular weight excluding hydrogens is 432 g/mol. The first-order valence-electron chi connectivity index (χ1n) is 10.5. The number of pyridine rings is 1. The van der Waals surface area contributed by atoms with Gasteiger partial charge in [0.25, 0.3) is 0 Å². The SMILES string of the molecule is O=C(O)COCC1(F)CCN(c2cncc(N(c3ccc(F)cc3)c3ccccn3)n2)CC1. The second-order valence-electron chi connectivity index (χ2n) is 7.76. The van der Waals surface area contributed by atoms with Gasteiger partial charge >= 0.3 is 5.97 Å². The lowest BCUT2D eigenvalue weighted by molar-refractivity contribution is -0.144. The summed E-state index contributed by atoms with van der Waals surface area (Å²) in [6, 6.07) is 11.4. The van der Waals surface area contributed by atoms with Crippen LogP contribution in [-0.2, 0) is 9.53 Å². The molecule has 1 aliphatic rings. The fraction of sp³-hybridized carbons (Fsp3) is 0.304. The number of anilines is 4. The van der Waals surface area contributed by atoms with Gasteiger partial charge in [-0.1, -0.05) is 6.07 Å². The third kappa shape index (κ3) is 5.58. The maximum Gasteiger partial charge on any atom is 0.329 e. The summed E-state index contributed by atoms with van der Waals surface area (Å²) in [4.78, 5) is 27.7. The van der Waals surface area contributed by atoms with E-state index in [4.69, 9.17) is 14.8 Å². The molecule has 1 aliphatic heterocycles. The average molecular weight is 455 g/mol. The summed E-state index contributed by atoms with van der Waals surface area (Å²) in [5, 5.41) is 8.67. The predicted molar refractivity (Wildman–Crippen MR) is 118 cm³/mol. The molecule has 0 atom stereocenters. The lowest BCUT2D eigenvalue weighted by Crippen LogP contribution is -2.45. The van der Waals surface area contributed by atoms with Crippen molar-refractivity contribution in [1.29, 1.82) is 0 Å². The number of benzene rings is 1. The second-order valence-corrected chi connectivity index (χ2v) is 7.76. The molecule has 8 nitrogen and oxygen atoms in total. The molecule has 0 bridgehead atoms. The Labute approximate surface area is 189 Å². The normalized spacial score (nSPS) is 15.3. The zero-order valence-corrected chi connectivity index (χ0v) is 17.8. The Morgan fingerprint density at radius 3 is 2.55 bits per heavy atom. The number of carbonyl (C=O) groups is 1. The van der Waals surface area contributed by atoms with E-state index in [2.05, 4.69) is 9.97 Å². The molecule has 1 saturated heterocycles. The molecule has 1 fully saturated rings. The number of aliphatic carboxylic acids is 1. The summed E-state index contributed by atoms with van der Waals surface area (Å²) >= 11 is 0. The third-order valence-corrected chi connectivity index (χ3v) is 5.37. The van der Waals surface area contributed by atoms with Gasteiger partial charge in [-0.25, -0.2) is 23.5 Å². The zero-order chi connectivity index (χ0) is 23.3. The molecule has 172 valence electrons. The van der Waals surface area contributed by atoms with E-state index >= 15 is 0 Å². The first kappa shape index (κ1) is 22.5. The highest BCUT2D eigenvalue weighted by Crippen LogP contribution is 2.34. The summed E-state index contributed by atoms with van der Waals surface area (Å²) in [5.74, 6) is 0.174. The molecule has 4 rings (SSSR count). The van der Waals surface area contributed by atoms with Gasteiger partial charge in [0.2, 0.25) is 0 Å². The largest absolute Gasteiger partial charge is 0.480 e. The van der Waals surface area contributed by atoms with E-state index in [1.807, 2.05) is 17.0 Å². The maximum atomic E-state index is 15.0. The van der Waals surface area contributed by atoms with Crippen LogP contribution in [0.4, 0.5) is 31.9 Å². The minimum atomic E-state index is -1.58. The number of alkyl halides is 1. The quantitative estimate of drug-likeness (QED) is 0.547. The van der Waals surface area contributed by atoms with Crippen LogP contribution in [-0.4, -0.2) is 58.0 Å².